The smallest absolute Gasteiger partial charge is 0.229 e. The molecule has 0 atom stereocenters. The van der Waals surface area contributed by atoms with Crippen molar-refractivity contribution in [3.63, 3.8) is 0 Å². The van der Waals surface area contributed by atoms with Gasteiger partial charge in [0, 0.05) is 41.5 Å². The van der Waals surface area contributed by atoms with Crippen molar-refractivity contribution in [3.8, 4) is 0 Å². The lowest BCUT2D eigenvalue weighted by Gasteiger charge is -2.18. The van der Waals surface area contributed by atoms with E-state index in [4.69, 9.17) is 0 Å². The largest absolute Gasteiger partial charge is 0.347 e. The van der Waals surface area contributed by atoms with Crippen LogP contribution < -0.4 is 10.6 Å². The average Bonchev–Trinajstić information content (AvgIpc) is 3.03. The van der Waals surface area contributed by atoms with Crippen molar-refractivity contribution in [1.82, 2.24) is 4.57 Å². The molecular weight excluding hydrogens is 338 g/mol. The lowest BCUT2D eigenvalue weighted by atomic mass is 9.95. The maximum atomic E-state index is 12.3. The van der Waals surface area contributed by atoms with Crippen LogP contribution in [0.25, 0.3) is 10.9 Å². The van der Waals surface area contributed by atoms with E-state index in [1.165, 1.54) is 5.39 Å². The lowest BCUT2D eigenvalue weighted by molar-refractivity contribution is -0.123. The molecule has 3 rings (SSSR count). The topological polar surface area (TPSA) is 63.1 Å². The summed E-state index contributed by atoms with van der Waals surface area (Å²) in [5.41, 5.74) is 1.99. The number of hydrogen-bond acceptors (Lipinski definition) is 2. The molecule has 0 fully saturated rings. The number of hydrogen-bond donors (Lipinski definition) is 2. The predicted octanol–water partition coefficient (Wildman–Crippen LogP) is 4.65. The minimum absolute atomic E-state index is 0.0629. The highest BCUT2D eigenvalue weighted by atomic mass is 16.2. The molecule has 0 radical (unpaired) electrons. The van der Waals surface area contributed by atoms with E-state index in [-0.39, 0.29) is 11.8 Å². The molecule has 1 aromatic heterocycles. The van der Waals surface area contributed by atoms with Crippen molar-refractivity contribution >= 4 is 34.1 Å². The number of benzene rings is 2. The summed E-state index contributed by atoms with van der Waals surface area (Å²) in [7, 11) is 0. The molecule has 1 heterocycles. The Kier molecular flexibility index (Phi) is 5.31. The summed E-state index contributed by atoms with van der Waals surface area (Å²) in [6.45, 7) is 6.19. The average molecular weight is 363 g/mol. The van der Waals surface area contributed by atoms with Crippen LogP contribution in [-0.4, -0.2) is 16.4 Å². The zero-order valence-corrected chi connectivity index (χ0v) is 16.0. The third-order valence-electron chi connectivity index (χ3n) is 4.35. The van der Waals surface area contributed by atoms with E-state index in [9.17, 15) is 9.59 Å². The molecule has 0 unspecified atom stereocenters. The Hall–Kier alpha value is -3.08. The highest BCUT2D eigenvalue weighted by Gasteiger charge is 2.21. The van der Waals surface area contributed by atoms with Crippen LogP contribution in [0.2, 0.25) is 0 Å². The molecule has 27 heavy (non-hydrogen) atoms. The van der Waals surface area contributed by atoms with E-state index in [1.54, 1.807) is 6.07 Å². The van der Waals surface area contributed by atoms with E-state index in [0.29, 0.717) is 24.3 Å². The Labute approximate surface area is 159 Å². The van der Waals surface area contributed by atoms with E-state index in [0.717, 1.165) is 5.52 Å². The third kappa shape index (κ3) is 4.76. The molecule has 0 bridgehead atoms. The van der Waals surface area contributed by atoms with Crippen molar-refractivity contribution < 1.29 is 9.59 Å². The Morgan fingerprint density at radius 2 is 1.63 bits per heavy atom. The third-order valence-corrected chi connectivity index (χ3v) is 4.35. The van der Waals surface area contributed by atoms with Crippen LogP contribution in [0.5, 0.6) is 0 Å². The maximum absolute atomic E-state index is 12.3. The van der Waals surface area contributed by atoms with Gasteiger partial charge in [0.15, 0.2) is 0 Å². The summed E-state index contributed by atoms with van der Waals surface area (Å²) >= 11 is 0. The van der Waals surface area contributed by atoms with Crippen LogP contribution in [0.15, 0.2) is 60.8 Å². The van der Waals surface area contributed by atoms with E-state index in [1.807, 2.05) is 57.3 Å². The zero-order valence-electron chi connectivity index (χ0n) is 16.0. The molecule has 0 saturated carbocycles. The van der Waals surface area contributed by atoms with Gasteiger partial charge in [0.25, 0.3) is 0 Å². The number of nitrogens with one attached hydrogen (secondary N) is 2. The molecule has 0 saturated heterocycles. The summed E-state index contributed by atoms with van der Waals surface area (Å²) < 4.78 is 2.08. The molecule has 0 aliphatic heterocycles. The summed E-state index contributed by atoms with van der Waals surface area (Å²) in [6, 6.07) is 17.4. The normalized spacial score (nSPS) is 11.4. The number of aromatic nitrogens is 1. The van der Waals surface area contributed by atoms with E-state index in [2.05, 4.69) is 33.4 Å². The number of aryl methyl sites for hydroxylation is 1. The van der Waals surface area contributed by atoms with Crippen LogP contribution in [0.1, 0.15) is 27.2 Å². The first-order valence-corrected chi connectivity index (χ1v) is 9.08. The number of carbonyl (C=O) groups excluding carboxylic acids is 2. The quantitative estimate of drug-likeness (QED) is 0.693. The first-order valence-electron chi connectivity index (χ1n) is 9.08. The van der Waals surface area contributed by atoms with Crippen molar-refractivity contribution in [2.24, 2.45) is 5.41 Å². The number of para-hydroxylation sites is 1. The van der Waals surface area contributed by atoms with E-state index >= 15 is 0 Å². The molecule has 5 nitrogen and oxygen atoms in total. The fourth-order valence-corrected chi connectivity index (χ4v) is 2.77. The van der Waals surface area contributed by atoms with Gasteiger partial charge in [-0.2, -0.15) is 0 Å². The first kappa shape index (κ1) is 18.7. The van der Waals surface area contributed by atoms with Gasteiger partial charge >= 0.3 is 0 Å². The Bertz CT molecular complexity index is 967. The molecule has 2 aromatic carbocycles. The van der Waals surface area contributed by atoms with Gasteiger partial charge in [0.2, 0.25) is 11.8 Å². The summed E-state index contributed by atoms with van der Waals surface area (Å²) in [5.74, 6) is -0.127. The van der Waals surface area contributed by atoms with Gasteiger partial charge < -0.3 is 15.2 Å². The van der Waals surface area contributed by atoms with Gasteiger partial charge in [-0.25, -0.2) is 0 Å². The number of fused-ring (bicyclic) bond motifs is 1. The molecule has 0 aliphatic rings. The highest BCUT2D eigenvalue weighted by molar-refractivity contribution is 5.96. The number of anilines is 2. The second-order valence-electron chi connectivity index (χ2n) is 7.65. The van der Waals surface area contributed by atoms with Gasteiger partial charge in [-0.3, -0.25) is 9.59 Å². The van der Waals surface area contributed by atoms with Crippen LogP contribution in [0.4, 0.5) is 11.4 Å². The molecule has 140 valence electrons. The zero-order chi connectivity index (χ0) is 19.4. The second kappa shape index (κ2) is 7.66. The highest BCUT2D eigenvalue weighted by Crippen LogP contribution is 2.20. The summed E-state index contributed by atoms with van der Waals surface area (Å²) in [4.78, 5) is 24.4. The summed E-state index contributed by atoms with van der Waals surface area (Å²) in [6.07, 6.45) is 2.37. The molecule has 2 N–H and O–H groups in total. The molecular formula is C22H25N3O2. The van der Waals surface area contributed by atoms with Gasteiger partial charge in [0.05, 0.1) is 0 Å². The molecule has 2 amide bonds. The predicted molar refractivity (Wildman–Crippen MR) is 110 cm³/mol. The van der Waals surface area contributed by atoms with Gasteiger partial charge in [-0.05, 0) is 35.7 Å². The van der Waals surface area contributed by atoms with Crippen LogP contribution in [0.3, 0.4) is 0 Å². The van der Waals surface area contributed by atoms with E-state index < -0.39 is 5.41 Å². The minimum Gasteiger partial charge on any atom is -0.347 e. The second-order valence-corrected chi connectivity index (χ2v) is 7.65. The van der Waals surface area contributed by atoms with Crippen molar-refractivity contribution in [3.05, 3.63) is 60.8 Å². The number of carbonyl (C=O) groups is 2. The molecule has 0 spiro atoms. The summed E-state index contributed by atoms with van der Waals surface area (Å²) in [5, 5.41) is 6.94. The van der Waals surface area contributed by atoms with Gasteiger partial charge in [-0.15, -0.1) is 0 Å². The molecule has 0 aliphatic carbocycles. The minimum atomic E-state index is -0.473. The van der Waals surface area contributed by atoms with Crippen molar-refractivity contribution in [1.29, 1.82) is 0 Å². The molecule has 5 heteroatoms. The van der Waals surface area contributed by atoms with Crippen LogP contribution >= 0.6 is 0 Å². The Morgan fingerprint density at radius 1 is 0.926 bits per heavy atom. The van der Waals surface area contributed by atoms with Gasteiger partial charge in [-0.1, -0.05) is 45.0 Å². The Morgan fingerprint density at radius 3 is 2.37 bits per heavy atom. The SMILES string of the molecule is CC(C)(C)C(=O)Nc1cccc(NC(=O)CCn2ccc3ccccc32)c1. The van der Waals surface area contributed by atoms with Crippen LogP contribution in [-0.2, 0) is 16.1 Å². The monoisotopic (exact) mass is 363 g/mol. The first-order chi connectivity index (χ1) is 12.8. The standard InChI is InChI=1S/C22H25N3O2/c1-22(2,3)21(27)24-18-9-6-8-17(15-18)23-20(26)12-14-25-13-11-16-7-4-5-10-19(16)25/h4-11,13,15H,12,14H2,1-3H3,(H,23,26)(H,24,27). The molecule has 3 aromatic rings. The fourth-order valence-electron chi connectivity index (χ4n) is 2.77. The number of nitrogens with zero attached hydrogens (tertiary/aromatic N) is 1. The fraction of sp³-hybridized carbons (Fsp3) is 0.273. The van der Waals surface area contributed by atoms with Crippen molar-refractivity contribution in [2.75, 3.05) is 10.6 Å². The maximum Gasteiger partial charge on any atom is 0.229 e. The number of rotatable bonds is 5. The lowest BCUT2D eigenvalue weighted by Crippen LogP contribution is -2.27. The Balaban J connectivity index is 1.59. The number of amides is 2. The van der Waals surface area contributed by atoms with Crippen LogP contribution in [0, 0.1) is 5.41 Å². The van der Waals surface area contributed by atoms with Gasteiger partial charge in [0.1, 0.15) is 0 Å². The van der Waals surface area contributed by atoms with Crippen molar-refractivity contribution in [2.45, 2.75) is 33.7 Å².